The number of benzene rings is 2. The van der Waals surface area contributed by atoms with Crippen LogP contribution in [0.25, 0.3) is 0 Å². The average Bonchev–Trinajstić information content (AvgIpc) is 2.43. The fourth-order valence-electron chi connectivity index (χ4n) is 1.55. The first kappa shape index (κ1) is 13.6. The minimum atomic E-state index is -0.801. The summed E-state index contributed by atoms with van der Waals surface area (Å²) in [4.78, 5) is 21.8. The Kier molecular flexibility index (Phi) is 3.69. The molecule has 1 N–H and O–H groups in total. The van der Waals surface area contributed by atoms with E-state index in [0.717, 1.165) is 24.3 Å². The third-order valence-electron chi connectivity index (χ3n) is 2.50. The van der Waals surface area contributed by atoms with Gasteiger partial charge in [0, 0.05) is 23.8 Å². The lowest BCUT2D eigenvalue weighted by atomic mass is 10.2. The molecular weight excluding hydrogens is 270 g/mol. The van der Waals surface area contributed by atoms with Crippen LogP contribution < -0.4 is 5.32 Å². The van der Waals surface area contributed by atoms with Gasteiger partial charge in [-0.3, -0.25) is 14.9 Å². The topological polar surface area (TPSA) is 72.2 Å². The Morgan fingerprint density at radius 2 is 1.90 bits per heavy atom. The molecule has 0 bridgehead atoms. The lowest BCUT2D eigenvalue weighted by molar-refractivity contribution is -0.384. The highest BCUT2D eigenvalue weighted by molar-refractivity contribution is 6.04. The van der Waals surface area contributed by atoms with Gasteiger partial charge in [-0.1, -0.05) is 6.07 Å². The van der Waals surface area contributed by atoms with Crippen molar-refractivity contribution in [3.63, 3.8) is 0 Å². The van der Waals surface area contributed by atoms with Gasteiger partial charge < -0.3 is 5.32 Å². The van der Waals surface area contributed by atoms with Gasteiger partial charge in [-0.05, 0) is 18.2 Å². The minimum absolute atomic E-state index is 0.0251. The zero-order valence-electron chi connectivity index (χ0n) is 9.97. The lowest BCUT2D eigenvalue weighted by Gasteiger charge is -2.06. The number of non-ortho nitro benzene ring substituents is 1. The van der Waals surface area contributed by atoms with Crippen LogP contribution in [-0.4, -0.2) is 10.8 Å². The standard InChI is InChI=1S/C13H8F2N2O3/c14-9-4-5-11(15)12(7-9)16-13(18)8-2-1-3-10(6-8)17(19)20/h1-7H,(H,16,18). The largest absolute Gasteiger partial charge is 0.319 e. The maximum absolute atomic E-state index is 13.4. The lowest BCUT2D eigenvalue weighted by Crippen LogP contribution is -2.13. The van der Waals surface area contributed by atoms with Crippen molar-refractivity contribution in [2.75, 3.05) is 5.32 Å². The number of nitro benzene ring substituents is 1. The van der Waals surface area contributed by atoms with Crippen LogP contribution in [0.1, 0.15) is 10.4 Å². The number of nitrogens with one attached hydrogen (secondary N) is 1. The van der Waals surface area contributed by atoms with E-state index in [1.54, 1.807) is 0 Å². The fourth-order valence-corrected chi connectivity index (χ4v) is 1.55. The molecule has 102 valence electrons. The number of nitrogens with zero attached hydrogens (tertiary/aromatic N) is 1. The molecule has 2 rings (SSSR count). The molecule has 0 radical (unpaired) electrons. The number of carbonyl (C=O) groups excluding carboxylic acids is 1. The third kappa shape index (κ3) is 2.94. The van der Waals surface area contributed by atoms with Crippen molar-refractivity contribution < 1.29 is 18.5 Å². The SMILES string of the molecule is O=C(Nc1cc(F)ccc1F)c1cccc([N+](=O)[O-])c1. The van der Waals surface area contributed by atoms with Crippen molar-refractivity contribution in [2.45, 2.75) is 0 Å². The summed E-state index contributed by atoms with van der Waals surface area (Å²) in [5.74, 6) is -2.27. The zero-order valence-corrected chi connectivity index (χ0v) is 9.97. The van der Waals surface area contributed by atoms with Gasteiger partial charge in [-0.2, -0.15) is 0 Å². The highest BCUT2D eigenvalue weighted by Crippen LogP contribution is 2.18. The second kappa shape index (κ2) is 5.43. The van der Waals surface area contributed by atoms with Crippen molar-refractivity contribution in [3.8, 4) is 0 Å². The van der Waals surface area contributed by atoms with Crippen molar-refractivity contribution in [1.29, 1.82) is 0 Å². The first-order valence-corrected chi connectivity index (χ1v) is 5.48. The summed E-state index contributed by atoms with van der Waals surface area (Å²) < 4.78 is 26.3. The summed E-state index contributed by atoms with van der Waals surface area (Å²) in [5.41, 5.74) is -0.623. The van der Waals surface area contributed by atoms with Crippen LogP contribution in [-0.2, 0) is 0 Å². The third-order valence-corrected chi connectivity index (χ3v) is 2.50. The minimum Gasteiger partial charge on any atom is -0.319 e. The molecular formula is C13H8F2N2O3. The summed E-state index contributed by atoms with van der Waals surface area (Å²) >= 11 is 0. The summed E-state index contributed by atoms with van der Waals surface area (Å²) in [6.45, 7) is 0. The Hall–Kier alpha value is -2.83. The average molecular weight is 278 g/mol. The summed E-state index contributed by atoms with van der Waals surface area (Å²) in [7, 11) is 0. The molecule has 5 nitrogen and oxygen atoms in total. The van der Waals surface area contributed by atoms with Gasteiger partial charge in [-0.15, -0.1) is 0 Å². The molecule has 0 saturated heterocycles. The molecule has 0 atom stereocenters. The first-order chi connectivity index (χ1) is 9.47. The molecule has 0 aliphatic rings. The molecule has 2 aromatic rings. The predicted molar refractivity (Wildman–Crippen MR) is 67.4 cm³/mol. The van der Waals surface area contributed by atoms with Crippen LogP contribution in [0.5, 0.6) is 0 Å². The van der Waals surface area contributed by atoms with E-state index in [4.69, 9.17) is 0 Å². The van der Waals surface area contributed by atoms with E-state index in [2.05, 4.69) is 5.32 Å². The second-order valence-electron chi connectivity index (χ2n) is 3.89. The smallest absolute Gasteiger partial charge is 0.270 e. The Morgan fingerprint density at radius 3 is 2.60 bits per heavy atom. The van der Waals surface area contributed by atoms with E-state index in [0.29, 0.717) is 0 Å². The van der Waals surface area contributed by atoms with Gasteiger partial charge >= 0.3 is 0 Å². The summed E-state index contributed by atoms with van der Waals surface area (Å²) in [6.07, 6.45) is 0. The van der Waals surface area contributed by atoms with E-state index in [-0.39, 0.29) is 16.9 Å². The van der Waals surface area contributed by atoms with Gasteiger partial charge in [0.15, 0.2) is 0 Å². The molecule has 20 heavy (non-hydrogen) atoms. The number of nitro groups is 1. The Labute approximate surface area is 112 Å². The van der Waals surface area contributed by atoms with Crippen LogP contribution in [0.4, 0.5) is 20.2 Å². The quantitative estimate of drug-likeness (QED) is 0.692. The Balaban J connectivity index is 2.26. The maximum atomic E-state index is 13.4. The molecule has 0 aliphatic carbocycles. The van der Waals surface area contributed by atoms with Crippen LogP contribution >= 0.6 is 0 Å². The number of hydrogen-bond acceptors (Lipinski definition) is 3. The number of amides is 1. The highest BCUT2D eigenvalue weighted by Gasteiger charge is 2.13. The summed E-state index contributed by atoms with van der Waals surface area (Å²) in [5, 5.41) is 12.8. The van der Waals surface area contributed by atoms with Gasteiger partial charge in [0.1, 0.15) is 11.6 Å². The second-order valence-corrected chi connectivity index (χ2v) is 3.89. The molecule has 2 aromatic carbocycles. The normalized spacial score (nSPS) is 10.1. The van der Waals surface area contributed by atoms with Gasteiger partial charge in [0.05, 0.1) is 10.6 Å². The van der Waals surface area contributed by atoms with E-state index in [1.807, 2.05) is 0 Å². The van der Waals surface area contributed by atoms with Crippen LogP contribution in [0.2, 0.25) is 0 Å². The maximum Gasteiger partial charge on any atom is 0.270 e. The monoisotopic (exact) mass is 278 g/mol. The number of hydrogen-bond donors (Lipinski definition) is 1. The van der Waals surface area contributed by atoms with Crippen LogP contribution in [0, 0.1) is 21.7 Å². The predicted octanol–water partition coefficient (Wildman–Crippen LogP) is 3.13. The number of rotatable bonds is 3. The molecule has 1 amide bonds. The van der Waals surface area contributed by atoms with Crippen molar-refractivity contribution in [2.24, 2.45) is 0 Å². The first-order valence-electron chi connectivity index (χ1n) is 5.48. The number of carbonyl (C=O) groups is 1. The van der Waals surface area contributed by atoms with E-state index in [9.17, 15) is 23.7 Å². The number of halogens is 2. The van der Waals surface area contributed by atoms with E-state index < -0.39 is 22.5 Å². The molecule has 0 aliphatic heterocycles. The van der Waals surface area contributed by atoms with Gasteiger partial charge in [0.2, 0.25) is 0 Å². The molecule has 0 spiro atoms. The van der Waals surface area contributed by atoms with E-state index >= 15 is 0 Å². The van der Waals surface area contributed by atoms with Crippen LogP contribution in [0.15, 0.2) is 42.5 Å². The van der Waals surface area contributed by atoms with Crippen molar-refractivity contribution in [1.82, 2.24) is 0 Å². The van der Waals surface area contributed by atoms with Crippen molar-refractivity contribution >= 4 is 17.3 Å². The highest BCUT2D eigenvalue weighted by atomic mass is 19.1. The molecule has 0 fully saturated rings. The van der Waals surface area contributed by atoms with Crippen LogP contribution in [0.3, 0.4) is 0 Å². The Morgan fingerprint density at radius 1 is 1.15 bits per heavy atom. The number of anilines is 1. The molecule has 0 saturated carbocycles. The van der Waals surface area contributed by atoms with Gasteiger partial charge in [0.25, 0.3) is 11.6 Å². The molecule has 0 unspecified atom stereocenters. The summed E-state index contributed by atoms with van der Waals surface area (Å²) in [6, 6.07) is 7.54. The molecule has 7 heteroatoms. The van der Waals surface area contributed by atoms with Gasteiger partial charge in [-0.25, -0.2) is 8.78 Å². The molecule has 0 heterocycles. The van der Waals surface area contributed by atoms with E-state index in [1.165, 1.54) is 18.2 Å². The molecule has 0 aromatic heterocycles. The van der Waals surface area contributed by atoms with Crippen molar-refractivity contribution in [3.05, 3.63) is 69.8 Å². The fraction of sp³-hybridized carbons (Fsp3) is 0. The Bertz CT molecular complexity index is 689. The zero-order chi connectivity index (χ0) is 14.7.